The van der Waals surface area contributed by atoms with Gasteiger partial charge in [0.1, 0.15) is 31.0 Å². The van der Waals surface area contributed by atoms with Gasteiger partial charge in [-0.15, -0.1) is 0 Å². The summed E-state index contributed by atoms with van der Waals surface area (Å²) >= 11 is 0. The Labute approximate surface area is 172 Å². The maximum atomic E-state index is 9.91. The van der Waals surface area contributed by atoms with Crippen molar-refractivity contribution in [2.75, 3.05) is 13.2 Å². The zero-order chi connectivity index (χ0) is 20.5. The van der Waals surface area contributed by atoms with Crippen molar-refractivity contribution in [2.45, 2.75) is 121 Å². The van der Waals surface area contributed by atoms with Crippen molar-refractivity contribution < 1.29 is 24.8 Å². The van der Waals surface area contributed by atoms with Crippen LogP contribution >= 0.6 is 0 Å². The molecule has 0 unspecified atom stereocenters. The molecule has 0 amide bonds. The maximum Gasteiger partial charge on any atom is 0.117 e. The lowest BCUT2D eigenvalue weighted by Gasteiger charge is -2.20. The highest BCUT2D eigenvalue weighted by atomic mass is 16.5. The summed E-state index contributed by atoms with van der Waals surface area (Å²) in [6.07, 6.45) is 18.5. The summed E-state index contributed by atoms with van der Waals surface area (Å²) < 4.78 is 10.5. The average Bonchev–Trinajstić information content (AvgIpc) is 3.03. The largest absolute Gasteiger partial charge is 0.499 e. The molecule has 5 heteroatoms. The van der Waals surface area contributed by atoms with Gasteiger partial charge in [-0.1, -0.05) is 84.0 Å². The van der Waals surface area contributed by atoms with Crippen molar-refractivity contribution in [3.63, 3.8) is 0 Å². The first-order chi connectivity index (χ1) is 13.7. The summed E-state index contributed by atoms with van der Waals surface area (Å²) in [5, 5.41) is 29.0. The molecule has 0 bridgehead atoms. The molecule has 5 nitrogen and oxygen atoms in total. The molecule has 0 aliphatic carbocycles. The number of rotatable bonds is 18. The van der Waals surface area contributed by atoms with Crippen molar-refractivity contribution >= 4 is 0 Å². The Morgan fingerprint density at radius 2 is 1.43 bits per heavy atom. The van der Waals surface area contributed by atoms with Gasteiger partial charge in [0.05, 0.1) is 12.9 Å². The van der Waals surface area contributed by atoms with Gasteiger partial charge in [0.15, 0.2) is 0 Å². The molecule has 1 saturated heterocycles. The van der Waals surface area contributed by atoms with Crippen molar-refractivity contribution in [1.29, 1.82) is 0 Å². The molecule has 0 radical (unpaired) electrons. The number of ether oxygens (including phenoxy) is 2. The summed E-state index contributed by atoms with van der Waals surface area (Å²) in [6, 6.07) is 0. The van der Waals surface area contributed by atoms with Gasteiger partial charge in [-0.05, 0) is 18.9 Å². The van der Waals surface area contributed by atoms with Crippen LogP contribution in [-0.4, -0.2) is 52.9 Å². The summed E-state index contributed by atoms with van der Waals surface area (Å²) in [5.41, 5.74) is 0. The van der Waals surface area contributed by atoms with E-state index in [1.807, 2.05) is 6.08 Å². The second kappa shape index (κ2) is 17.3. The second-order valence-electron chi connectivity index (χ2n) is 8.16. The minimum atomic E-state index is -1.05. The first kappa shape index (κ1) is 25.4. The molecule has 1 heterocycles. The number of unbranched alkanes of at least 4 members (excludes halogenated alkanes) is 13. The molecule has 0 aromatic rings. The van der Waals surface area contributed by atoms with E-state index in [4.69, 9.17) is 9.47 Å². The molecular formula is C23H44O5. The fourth-order valence-corrected chi connectivity index (χ4v) is 3.63. The molecule has 1 rings (SSSR count). The lowest BCUT2D eigenvalue weighted by Crippen LogP contribution is -2.40. The average molecular weight is 401 g/mol. The van der Waals surface area contributed by atoms with Crippen LogP contribution in [-0.2, 0) is 9.47 Å². The predicted molar refractivity (Wildman–Crippen MR) is 113 cm³/mol. The normalized spacial score (nSPS) is 23.5. The summed E-state index contributed by atoms with van der Waals surface area (Å²) in [4.78, 5) is 0. The third-order valence-corrected chi connectivity index (χ3v) is 5.50. The van der Waals surface area contributed by atoms with Crippen molar-refractivity contribution in [3.8, 4) is 0 Å². The minimum absolute atomic E-state index is 0.0534. The summed E-state index contributed by atoms with van der Waals surface area (Å²) in [7, 11) is 0. The molecule has 0 aromatic heterocycles. The summed E-state index contributed by atoms with van der Waals surface area (Å²) in [5.74, 6) is 0. The highest BCUT2D eigenvalue weighted by Gasteiger charge is 2.39. The van der Waals surface area contributed by atoms with Crippen LogP contribution in [0.5, 0.6) is 0 Å². The first-order valence-electron chi connectivity index (χ1n) is 11.6. The van der Waals surface area contributed by atoms with Gasteiger partial charge in [0.2, 0.25) is 0 Å². The Kier molecular flexibility index (Phi) is 15.7. The van der Waals surface area contributed by atoms with E-state index in [1.54, 1.807) is 6.26 Å². The Bertz CT molecular complexity index is 374. The lowest BCUT2D eigenvalue weighted by molar-refractivity contribution is -0.0703. The number of allylic oxidation sites excluding steroid dienone is 1. The Morgan fingerprint density at radius 1 is 0.893 bits per heavy atom. The fraction of sp³-hybridized carbons (Fsp3) is 0.913. The molecule has 166 valence electrons. The molecule has 1 aliphatic rings. The van der Waals surface area contributed by atoms with E-state index in [1.165, 1.54) is 77.0 Å². The standard InChI is InChI=1S/C23H44O5/c1-2-3-4-5-6-7-8-9-10-11-12-13-14-15-16-17-27-18-21(25)23-22(26)20(24)19-28-23/h16-17,20-26H,2-15,18-19H2,1H3/b17-16+/t20-,21+,22+,23+/m0/s1. The Balaban J connectivity index is 1.81. The van der Waals surface area contributed by atoms with Crippen LogP contribution in [0.4, 0.5) is 0 Å². The Morgan fingerprint density at radius 3 is 1.93 bits per heavy atom. The zero-order valence-corrected chi connectivity index (χ0v) is 17.9. The van der Waals surface area contributed by atoms with Gasteiger partial charge in [-0.2, -0.15) is 0 Å². The van der Waals surface area contributed by atoms with Gasteiger partial charge in [0, 0.05) is 0 Å². The number of aliphatic hydroxyl groups excluding tert-OH is 3. The predicted octanol–water partition coefficient (Wildman–Crippen LogP) is 4.48. The second-order valence-corrected chi connectivity index (χ2v) is 8.16. The van der Waals surface area contributed by atoms with Crippen LogP contribution in [0, 0.1) is 0 Å². The highest BCUT2D eigenvalue weighted by molar-refractivity contribution is 4.88. The SMILES string of the molecule is CCCCCCCCCCCCCCC/C=C/OC[C@@H](O)[C@H]1OC[C@H](O)[C@H]1O. The molecular weight excluding hydrogens is 356 g/mol. The smallest absolute Gasteiger partial charge is 0.117 e. The first-order valence-corrected chi connectivity index (χ1v) is 11.6. The monoisotopic (exact) mass is 400 g/mol. The fourth-order valence-electron chi connectivity index (χ4n) is 3.63. The van der Waals surface area contributed by atoms with Crippen LogP contribution in [0.15, 0.2) is 12.3 Å². The van der Waals surface area contributed by atoms with Gasteiger partial charge in [-0.3, -0.25) is 0 Å². The summed E-state index contributed by atoms with van der Waals surface area (Å²) in [6.45, 7) is 2.38. The number of aliphatic hydroxyl groups is 3. The van der Waals surface area contributed by atoms with Crippen molar-refractivity contribution in [1.82, 2.24) is 0 Å². The van der Waals surface area contributed by atoms with Crippen LogP contribution < -0.4 is 0 Å². The van der Waals surface area contributed by atoms with Crippen LogP contribution in [0.3, 0.4) is 0 Å². The molecule has 1 aliphatic heterocycles. The number of hydrogen-bond donors (Lipinski definition) is 3. The molecule has 1 fully saturated rings. The molecule has 3 N–H and O–H groups in total. The number of hydrogen-bond acceptors (Lipinski definition) is 5. The van der Waals surface area contributed by atoms with Gasteiger partial charge < -0.3 is 24.8 Å². The lowest BCUT2D eigenvalue weighted by atomic mass is 10.0. The maximum absolute atomic E-state index is 9.91. The van der Waals surface area contributed by atoms with E-state index in [2.05, 4.69) is 6.92 Å². The third-order valence-electron chi connectivity index (χ3n) is 5.50. The highest BCUT2D eigenvalue weighted by Crippen LogP contribution is 2.18. The van der Waals surface area contributed by atoms with E-state index < -0.39 is 24.4 Å². The minimum Gasteiger partial charge on any atom is -0.499 e. The molecule has 28 heavy (non-hydrogen) atoms. The molecule has 0 aromatic carbocycles. The quantitative estimate of drug-likeness (QED) is 0.233. The molecule has 4 atom stereocenters. The van der Waals surface area contributed by atoms with Crippen molar-refractivity contribution in [2.24, 2.45) is 0 Å². The molecule has 0 spiro atoms. The van der Waals surface area contributed by atoms with Crippen LogP contribution in [0.25, 0.3) is 0 Å². The van der Waals surface area contributed by atoms with E-state index in [0.717, 1.165) is 12.8 Å². The topological polar surface area (TPSA) is 79.2 Å². The van der Waals surface area contributed by atoms with Crippen LogP contribution in [0.2, 0.25) is 0 Å². The Hall–Kier alpha value is -0.620. The van der Waals surface area contributed by atoms with E-state index in [-0.39, 0.29) is 13.2 Å². The van der Waals surface area contributed by atoms with Gasteiger partial charge >= 0.3 is 0 Å². The molecule has 0 saturated carbocycles. The third kappa shape index (κ3) is 12.1. The van der Waals surface area contributed by atoms with E-state index >= 15 is 0 Å². The van der Waals surface area contributed by atoms with E-state index in [0.29, 0.717) is 0 Å². The van der Waals surface area contributed by atoms with Gasteiger partial charge in [-0.25, -0.2) is 0 Å². The zero-order valence-electron chi connectivity index (χ0n) is 17.9. The van der Waals surface area contributed by atoms with Crippen LogP contribution in [0.1, 0.15) is 96.8 Å². The van der Waals surface area contributed by atoms with Crippen molar-refractivity contribution in [3.05, 3.63) is 12.3 Å². The van der Waals surface area contributed by atoms with E-state index in [9.17, 15) is 15.3 Å². The van der Waals surface area contributed by atoms with Gasteiger partial charge in [0.25, 0.3) is 0 Å².